The molecule has 122 valence electrons. The van der Waals surface area contributed by atoms with E-state index in [0.29, 0.717) is 25.9 Å². The first kappa shape index (κ1) is 16.6. The molecule has 0 radical (unpaired) electrons. The molecule has 0 aromatic heterocycles. The molecule has 22 heavy (non-hydrogen) atoms. The van der Waals surface area contributed by atoms with Crippen molar-refractivity contribution in [3.63, 3.8) is 0 Å². The van der Waals surface area contributed by atoms with Crippen LogP contribution in [-0.4, -0.2) is 44.7 Å². The molecule has 0 bridgehead atoms. The molecule has 9 heteroatoms. The maximum Gasteiger partial charge on any atom is 0.321 e. The molecule has 0 unspecified atom stereocenters. The molecule has 0 spiro atoms. The molecule has 1 heterocycles. The largest absolute Gasteiger partial charge is 0.324 e. The van der Waals surface area contributed by atoms with Gasteiger partial charge in [-0.15, -0.1) is 0 Å². The molecule has 2 N–H and O–H groups in total. The van der Waals surface area contributed by atoms with Crippen molar-refractivity contribution < 1.29 is 22.0 Å². The molecule has 2 rings (SSSR count). The zero-order valence-corrected chi connectivity index (χ0v) is 12.8. The molecule has 2 amide bonds. The van der Waals surface area contributed by atoms with Gasteiger partial charge in [0.15, 0.2) is 0 Å². The van der Waals surface area contributed by atoms with Crippen LogP contribution >= 0.6 is 0 Å². The highest BCUT2D eigenvalue weighted by molar-refractivity contribution is 7.88. The van der Waals surface area contributed by atoms with Crippen molar-refractivity contribution in [3.8, 4) is 0 Å². The van der Waals surface area contributed by atoms with E-state index in [0.717, 1.165) is 24.5 Å². The van der Waals surface area contributed by atoms with Crippen molar-refractivity contribution in [2.45, 2.75) is 18.9 Å². The number of benzene rings is 1. The highest BCUT2D eigenvalue weighted by atomic mass is 32.2. The molecule has 1 aromatic carbocycles. The topological polar surface area (TPSA) is 78.5 Å². The first-order valence-electron chi connectivity index (χ1n) is 6.72. The second-order valence-electron chi connectivity index (χ2n) is 5.24. The third-order valence-corrected chi connectivity index (χ3v) is 4.04. The van der Waals surface area contributed by atoms with E-state index in [1.807, 2.05) is 0 Å². The average molecular weight is 333 g/mol. The third kappa shape index (κ3) is 4.92. The first-order valence-corrected chi connectivity index (χ1v) is 8.61. The van der Waals surface area contributed by atoms with E-state index in [2.05, 4.69) is 10.0 Å². The number of carbonyl (C=O) groups excluding carboxylic acids is 1. The summed E-state index contributed by atoms with van der Waals surface area (Å²) < 4.78 is 50.9. The normalized spacial score (nSPS) is 16.6. The Morgan fingerprint density at radius 1 is 1.18 bits per heavy atom. The molecular formula is C13H17F2N3O3S. The monoisotopic (exact) mass is 333 g/mol. The lowest BCUT2D eigenvalue weighted by molar-refractivity contribution is 0.193. The van der Waals surface area contributed by atoms with Crippen LogP contribution in [0, 0.1) is 11.6 Å². The number of nitrogens with zero attached hydrogens (tertiary/aromatic N) is 1. The minimum atomic E-state index is -3.27. The van der Waals surface area contributed by atoms with Crippen LogP contribution < -0.4 is 10.0 Å². The van der Waals surface area contributed by atoms with Crippen molar-refractivity contribution in [2.24, 2.45) is 0 Å². The number of carbonyl (C=O) groups is 1. The Morgan fingerprint density at radius 3 is 2.23 bits per heavy atom. The molecular weight excluding hydrogens is 316 g/mol. The second-order valence-corrected chi connectivity index (χ2v) is 7.02. The quantitative estimate of drug-likeness (QED) is 0.880. The molecule has 1 aliphatic heterocycles. The number of urea groups is 1. The van der Waals surface area contributed by atoms with Gasteiger partial charge in [-0.3, -0.25) is 0 Å². The Hall–Kier alpha value is -1.74. The van der Waals surface area contributed by atoms with Gasteiger partial charge in [0, 0.05) is 30.9 Å². The van der Waals surface area contributed by atoms with Gasteiger partial charge in [-0.25, -0.2) is 26.7 Å². The van der Waals surface area contributed by atoms with Gasteiger partial charge in [-0.05, 0) is 25.0 Å². The number of piperidine rings is 1. The van der Waals surface area contributed by atoms with E-state index in [-0.39, 0.29) is 11.7 Å². The van der Waals surface area contributed by atoms with Gasteiger partial charge in [0.05, 0.1) is 6.26 Å². The zero-order chi connectivity index (χ0) is 16.3. The number of rotatable bonds is 3. The molecule has 0 atom stereocenters. The summed E-state index contributed by atoms with van der Waals surface area (Å²) in [6.07, 6.45) is 2.06. The number of anilines is 1. The van der Waals surface area contributed by atoms with Crippen molar-refractivity contribution in [2.75, 3.05) is 24.7 Å². The van der Waals surface area contributed by atoms with Crippen molar-refractivity contribution >= 4 is 21.7 Å². The van der Waals surface area contributed by atoms with Crippen molar-refractivity contribution in [1.29, 1.82) is 0 Å². The first-order chi connectivity index (χ1) is 10.2. The predicted molar refractivity (Wildman–Crippen MR) is 78.0 cm³/mol. The van der Waals surface area contributed by atoms with Crippen LogP contribution in [0.15, 0.2) is 18.2 Å². The molecule has 1 aromatic rings. The number of halogens is 2. The Kier molecular flexibility index (Phi) is 4.97. The molecule has 6 nitrogen and oxygen atoms in total. The highest BCUT2D eigenvalue weighted by Crippen LogP contribution is 2.16. The Labute approximate surface area is 127 Å². The van der Waals surface area contributed by atoms with E-state index in [9.17, 15) is 22.0 Å². The minimum Gasteiger partial charge on any atom is -0.324 e. The summed E-state index contributed by atoms with van der Waals surface area (Å²) in [5, 5.41) is 2.42. The van der Waals surface area contributed by atoms with Gasteiger partial charge in [-0.1, -0.05) is 0 Å². The van der Waals surface area contributed by atoms with E-state index in [1.54, 1.807) is 0 Å². The summed E-state index contributed by atoms with van der Waals surface area (Å²) in [5.41, 5.74) is 0.0406. The summed E-state index contributed by atoms with van der Waals surface area (Å²) in [5.74, 6) is -1.54. The Morgan fingerprint density at radius 2 is 1.73 bits per heavy atom. The van der Waals surface area contributed by atoms with Crippen LogP contribution in [0.5, 0.6) is 0 Å². The maximum absolute atomic E-state index is 13.1. The maximum atomic E-state index is 13.1. The van der Waals surface area contributed by atoms with Crippen LogP contribution in [0.25, 0.3) is 0 Å². The zero-order valence-electron chi connectivity index (χ0n) is 12.0. The minimum absolute atomic E-state index is 0.0406. The number of sulfonamides is 1. The molecule has 1 saturated heterocycles. The lowest BCUT2D eigenvalue weighted by Gasteiger charge is -2.32. The average Bonchev–Trinajstić information content (AvgIpc) is 2.36. The number of likely N-dealkylation sites (tertiary alicyclic amines) is 1. The van der Waals surface area contributed by atoms with Gasteiger partial charge < -0.3 is 10.2 Å². The van der Waals surface area contributed by atoms with Crippen LogP contribution in [0.2, 0.25) is 0 Å². The second kappa shape index (κ2) is 6.57. The fourth-order valence-corrected chi connectivity index (χ4v) is 3.17. The molecule has 0 aliphatic carbocycles. The SMILES string of the molecule is CS(=O)(=O)NC1CCN(C(=O)Nc2cc(F)cc(F)c2)CC1. The van der Waals surface area contributed by atoms with Crippen LogP contribution in [-0.2, 0) is 10.0 Å². The Bertz CT molecular complexity index is 638. The molecule has 1 fully saturated rings. The number of amides is 2. The summed E-state index contributed by atoms with van der Waals surface area (Å²) >= 11 is 0. The number of hydrogen-bond acceptors (Lipinski definition) is 3. The summed E-state index contributed by atoms with van der Waals surface area (Å²) in [7, 11) is -3.27. The standard InChI is InChI=1S/C13H17F2N3O3S/c1-22(20,21)17-11-2-4-18(5-3-11)13(19)16-12-7-9(14)6-10(15)8-12/h6-8,11,17H,2-5H2,1H3,(H,16,19). The van der Waals surface area contributed by atoms with E-state index < -0.39 is 27.7 Å². The van der Waals surface area contributed by atoms with E-state index >= 15 is 0 Å². The van der Waals surface area contributed by atoms with Gasteiger partial charge >= 0.3 is 6.03 Å². The predicted octanol–water partition coefficient (Wildman–Crippen LogP) is 1.51. The Balaban J connectivity index is 1.90. The van der Waals surface area contributed by atoms with Gasteiger partial charge in [0.1, 0.15) is 11.6 Å². The fourth-order valence-electron chi connectivity index (χ4n) is 2.33. The van der Waals surface area contributed by atoms with E-state index in [4.69, 9.17) is 0 Å². The van der Waals surface area contributed by atoms with Crippen LogP contribution in [0.4, 0.5) is 19.3 Å². The lowest BCUT2D eigenvalue weighted by Crippen LogP contribution is -2.47. The van der Waals surface area contributed by atoms with Crippen LogP contribution in [0.3, 0.4) is 0 Å². The fraction of sp³-hybridized carbons (Fsp3) is 0.462. The number of hydrogen-bond donors (Lipinski definition) is 2. The van der Waals surface area contributed by atoms with Gasteiger partial charge in [-0.2, -0.15) is 0 Å². The van der Waals surface area contributed by atoms with Crippen LogP contribution in [0.1, 0.15) is 12.8 Å². The highest BCUT2D eigenvalue weighted by Gasteiger charge is 2.24. The summed E-state index contributed by atoms with van der Waals surface area (Å²) in [6, 6.07) is 2.10. The van der Waals surface area contributed by atoms with E-state index in [1.165, 1.54) is 4.90 Å². The molecule has 0 saturated carbocycles. The number of nitrogens with one attached hydrogen (secondary N) is 2. The molecule has 1 aliphatic rings. The van der Waals surface area contributed by atoms with Gasteiger partial charge in [0.25, 0.3) is 0 Å². The summed E-state index contributed by atoms with van der Waals surface area (Å²) in [6.45, 7) is 0.716. The smallest absolute Gasteiger partial charge is 0.321 e. The lowest BCUT2D eigenvalue weighted by atomic mass is 10.1. The summed E-state index contributed by atoms with van der Waals surface area (Å²) in [4.78, 5) is 13.5. The third-order valence-electron chi connectivity index (χ3n) is 3.28. The van der Waals surface area contributed by atoms with Crippen molar-refractivity contribution in [3.05, 3.63) is 29.8 Å². The van der Waals surface area contributed by atoms with Crippen molar-refractivity contribution in [1.82, 2.24) is 9.62 Å². The van der Waals surface area contributed by atoms with Gasteiger partial charge in [0.2, 0.25) is 10.0 Å².